The average molecular weight is 354 g/mol. The van der Waals surface area contributed by atoms with Gasteiger partial charge < -0.3 is 10.6 Å². The quantitative estimate of drug-likeness (QED) is 0.428. The Kier molecular flexibility index (Phi) is 8.25. The maximum absolute atomic E-state index is 11.1. The van der Waals surface area contributed by atoms with E-state index in [9.17, 15) is 8.42 Å². The number of hydrogen-bond donors (Lipinski definition) is 2. The molecule has 1 atom stereocenters. The highest BCUT2D eigenvalue weighted by atomic mass is 32.2. The molecule has 1 rings (SSSR count). The summed E-state index contributed by atoms with van der Waals surface area (Å²) in [6, 6.07) is 8.77. The first-order chi connectivity index (χ1) is 11.2. The van der Waals surface area contributed by atoms with Gasteiger partial charge in [-0.15, -0.1) is 0 Å². The number of hydrogen-bond acceptors (Lipinski definition) is 3. The Morgan fingerprint density at radius 3 is 2.29 bits per heavy atom. The molecule has 0 radical (unpaired) electrons. The highest BCUT2D eigenvalue weighted by Gasteiger charge is 2.08. The second-order valence-electron chi connectivity index (χ2n) is 6.69. The Morgan fingerprint density at radius 1 is 1.17 bits per heavy atom. The second kappa shape index (κ2) is 9.67. The zero-order valence-corrected chi connectivity index (χ0v) is 16.3. The van der Waals surface area contributed by atoms with Crippen molar-refractivity contribution >= 4 is 15.8 Å². The molecule has 5 nitrogen and oxygen atoms in total. The van der Waals surface area contributed by atoms with Crippen molar-refractivity contribution in [2.75, 3.05) is 25.6 Å². The topological polar surface area (TPSA) is 70.6 Å². The number of nitrogens with one attached hydrogen (secondary N) is 2. The van der Waals surface area contributed by atoms with E-state index >= 15 is 0 Å². The van der Waals surface area contributed by atoms with Gasteiger partial charge in [-0.1, -0.05) is 38.1 Å². The molecule has 1 unspecified atom stereocenters. The summed E-state index contributed by atoms with van der Waals surface area (Å²) in [6.07, 6.45) is 2.91. The van der Waals surface area contributed by atoms with E-state index in [1.165, 1.54) is 17.4 Å². The second-order valence-corrected chi connectivity index (χ2v) is 8.95. The summed E-state index contributed by atoms with van der Waals surface area (Å²) in [5.74, 6) is 1.52. The van der Waals surface area contributed by atoms with Crippen LogP contribution in [0.4, 0.5) is 0 Å². The third kappa shape index (κ3) is 8.34. The van der Waals surface area contributed by atoms with E-state index in [0.717, 1.165) is 6.42 Å². The van der Waals surface area contributed by atoms with Gasteiger partial charge in [0.15, 0.2) is 5.96 Å². The lowest BCUT2D eigenvalue weighted by molar-refractivity contribution is 0.597. The van der Waals surface area contributed by atoms with Gasteiger partial charge in [0, 0.05) is 19.8 Å². The van der Waals surface area contributed by atoms with Crippen molar-refractivity contribution in [3.8, 4) is 0 Å². The number of sulfone groups is 1. The Balaban J connectivity index is 2.50. The predicted molar refractivity (Wildman–Crippen MR) is 102 cm³/mol. The van der Waals surface area contributed by atoms with E-state index in [4.69, 9.17) is 0 Å². The van der Waals surface area contributed by atoms with Crippen molar-refractivity contribution in [2.45, 2.75) is 39.7 Å². The first-order valence-electron chi connectivity index (χ1n) is 8.45. The Labute approximate surface area is 146 Å². The van der Waals surface area contributed by atoms with E-state index in [0.29, 0.717) is 24.8 Å². The first kappa shape index (κ1) is 20.5. The highest BCUT2D eigenvalue weighted by molar-refractivity contribution is 7.90. The van der Waals surface area contributed by atoms with Gasteiger partial charge in [0.25, 0.3) is 0 Å². The summed E-state index contributed by atoms with van der Waals surface area (Å²) in [7, 11) is -1.20. The van der Waals surface area contributed by atoms with E-state index in [1.54, 1.807) is 7.05 Å². The van der Waals surface area contributed by atoms with E-state index in [1.807, 2.05) is 0 Å². The molecule has 0 aliphatic heterocycles. The van der Waals surface area contributed by atoms with Gasteiger partial charge in [-0.3, -0.25) is 4.99 Å². The van der Waals surface area contributed by atoms with Gasteiger partial charge in [0.05, 0.1) is 11.8 Å². The summed E-state index contributed by atoms with van der Waals surface area (Å²) >= 11 is 0. The number of nitrogens with zero attached hydrogens (tertiary/aromatic N) is 1. The lowest BCUT2D eigenvalue weighted by Crippen LogP contribution is -2.39. The highest BCUT2D eigenvalue weighted by Crippen LogP contribution is 2.15. The van der Waals surface area contributed by atoms with Crippen LogP contribution in [0.25, 0.3) is 0 Å². The molecule has 0 saturated heterocycles. The lowest BCUT2D eigenvalue weighted by Gasteiger charge is -2.18. The minimum atomic E-state index is -2.91. The van der Waals surface area contributed by atoms with Gasteiger partial charge in [-0.05, 0) is 36.8 Å². The van der Waals surface area contributed by atoms with Crippen LogP contribution >= 0.6 is 0 Å². The van der Waals surface area contributed by atoms with Gasteiger partial charge >= 0.3 is 0 Å². The smallest absolute Gasteiger partial charge is 0.191 e. The normalized spacial score (nSPS) is 13.8. The number of rotatable bonds is 8. The molecule has 0 spiro atoms. The minimum absolute atomic E-state index is 0.124. The molecular formula is C18H31N3O2S. The lowest BCUT2D eigenvalue weighted by atomic mass is 10.00. The van der Waals surface area contributed by atoms with Gasteiger partial charge in [-0.25, -0.2) is 8.42 Å². The number of aliphatic imine (C=N–C) groups is 1. The molecule has 1 aromatic carbocycles. The minimum Gasteiger partial charge on any atom is -0.356 e. The maximum atomic E-state index is 11.1. The van der Waals surface area contributed by atoms with Crippen LogP contribution in [0.15, 0.2) is 29.3 Å². The van der Waals surface area contributed by atoms with Crippen LogP contribution in [0.5, 0.6) is 0 Å². The Hall–Kier alpha value is -1.56. The molecular weight excluding hydrogens is 322 g/mol. The van der Waals surface area contributed by atoms with Crippen LogP contribution in [-0.4, -0.2) is 40.0 Å². The van der Waals surface area contributed by atoms with Gasteiger partial charge in [-0.2, -0.15) is 0 Å². The van der Waals surface area contributed by atoms with Crippen LogP contribution in [0, 0.1) is 5.92 Å². The molecule has 0 aliphatic rings. The molecule has 0 aliphatic carbocycles. The first-order valence-corrected chi connectivity index (χ1v) is 10.5. The fraction of sp³-hybridized carbons (Fsp3) is 0.611. The van der Waals surface area contributed by atoms with Crippen LogP contribution in [-0.2, 0) is 16.3 Å². The monoisotopic (exact) mass is 353 g/mol. The summed E-state index contributed by atoms with van der Waals surface area (Å²) in [6.45, 7) is 7.10. The Bertz CT molecular complexity index is 622. The van der Waals surface area contributed by atoms with Crippen molar-refractivity contribution in [3.05, 3.63) is 35.4 Å². The molecule has 0 heterocycles. The van der Waals surface area contributed by atoms with Gasteiger partial charge in [0.1, 0.15) is 9.84 Å². The molecule has 1 aromatic rings. The summed E-state index contributed by atoms with van der Waals surface area (Å²) in [4.78, 5) is 4.19. The fourth-order valence-corrected chi connectivity index (χ4v) is 3.11. The van der Waals surface area contributed by atoms with E-state index in [-0.39, 0.29) is 11.8 Å². The van der Waals surface area contributed by atoms with Crippen molar-refractivity contribution < 1.29 is 8.42 Å². The largest absolute Gasteiger partial charge is 0.356 e. The van der Waals surface area contributed by atoms with Gasteiger partial charge in [0.2, 0.25) is 0 Å². The standard InChI is InChI=1S/C18H31N3O2S/c1-14(2)13-16-7-9-17(10-8-16)15(3)21-18(19-4)20-11-6-12-24(5,22)23/h7-10,14-15H,6,11-13H2,1-5H3,(H2,19,20,21). The fourth-order valence-electron chi connectivity index (χ4n) is 2.44. The summed E-state index contributed by atoms with van der Waals surface area (Å²) in [5.41, 5.74) is 2.55. The number of guanidine groups is 1. The van der Waals surface area contributed by atoms with Crippen LogP contribution < -0.4 is 10.6 Å². The molecule has 0 fully saturated rings. The zero-order valence-electron chi connectivity index (χ0n) is 15.5. The predicted octanol–water partition coefficient (Wildman–Crippen LogP) is 2.55. The maximum Gasteiger partial charge on any atom is 0.191 e. The molecule has 0 aromatic heterocycles. The third-order valence-corrected chi connectivity index (χ3v) is 4.72. The summed E-state index contributed by atoms with van der Waals surface area (Å²) in [5, 5.41) is 6.48. The van der Waals surface area contributed by atoms with Crippen LogP contribution in [0.1, 0.15) is 44.4 Å². The Morgan fingerprint density at radius 2 is 1.79 bits per heavy atom. The van der Waals surface area contributed by atoms with Crippen LogP contribution in [0.3, 0.4) is 0 Å². The molecule has 0 amide bonds. The van der Waals surface area contributed by atoms with Crippen molar-refractivity contribution in [1.29, 1.82) is 0 Å². The molecule has 24 heavy (non-hydrogen) atoms. The molecule has 2 N–H and O–H groups in total. The van der Waals surface area contributed by atoms with Crippen molar-refractivity contribution in [2.24, 2.45) is 10.9 Å². The average Bonchev–Trinajstić information content (AvgIpc) is 2.49. The van der Waals surface area contributed by atoms with Crippen LogP contribution in [0.2, 0.25) is 0 Å². The SMILES string of the molecule is CN=C(NCCCS(C)(=O)=O)NC(C)c1ccc(CC(C)C)cc1. The molecule has 6 heteroatoms. The van der Waals surface area contributed by atoms with E-state index in [2.05, 4.69) is 60.7 Å². The summed E-state index contributed by atoms with van der Waals surface area (Å²) < 4.78 is 22.3. The molecule has 0 bridgehead atoms. The van der Waals surface area contributed by atoms with Crippen molar-refractivity contribution in [3.63, 3.8) is 0 Å². The molecule has 0 saturated carbocycles. The van der Waals surface area contributed by atoms with E-state index < -0.39 is 9.84 Å². The molecule has 136 valence electrons. The van der Waals surface area contributed by atoms with Crippen molar-refractivity contribution in [1.82, 2.24) is 10.6 Å². The zero-order chi connectivity index (χ0) is 18.2. The number of benzene rings is 1. The third-order valence-electron chi connectivity index (χ3n) is 3.68.